The fraction of sp³-hybridized carbons (Fsp3) is 0.333. The maximum atomic E-state index is 12.5. The molecule has 0 saturated carbocycles. The van der Waals surface area contributed by atoms with E-state index in [1.807, 2.05) is 6.26 Å². The van der Waals surface area contributed by atoms with Crippen molar-refractivity contribution in [1.29, 1.82) is 0 Å². The van der Waals surface area contributed by atoms with E-state index in [1.165, 1.54) is 23.9 Å². The van der Waals surface area contributed by atoms with Gasteiger partial charge in [-0.25, -0.2) is 8.42 Å². The van der Waals surface area contributed by atoms with Gasteiger partial charge < -0.3 is 4.42 Å². The number of rotatable bonds is 8. The Morgan fingerprint density at radius 1 is 1.14 bits per heavy atom. The Hall–Kier alpha value is -2.30. The monoisotopic (exact) mass is 425 g/mol. The smallest absolute Gasteiger partial charge is 0.273 e. The number of thioether (sulfide) groups is 1. The Kier molecular flexibility index (Phi) is 7.67. The van der Waals surface area contributed by atoms with Crippen LogP contribution in [0.3, 0.4) is 0 Å². The lowest BCUT2D eigenvalue weighted by Crippen LogP contribution is -2.52. The lowest BCUT2D eigenvalue weighted by molar-refractivity contribution is -0.123. The molecule has 0 spiro atoms. The average Bonchev–Trinajstić information content (AvgIpc) is 3.01. The number of nitrogens with one attached hydrogen (secondary N) is 3. The van der Waals surface area contributed by atoms with Crippen LogP contribution in [0.15, 0.2) is 45.7 Å². The van der Waals surface area contributed by atoms with Gasteiger partial charge in [0.05, 0.1) is 10.5 Å². The highest BCUT2D eigenvalue weighted by Gasteiger charge is 2.26. The molecule has 0 aliphatic heterocycles. The Morgan fingerprint density at radius 2 is 1.82 bits per heavy atom. The van der Waals surface area contributed by atoms with Crippen molar-refractivity contribution < 1.29 is 22.4 Å². The number of amides is 2. The van der Waals surface area contributed by atoms with Crippen molar-refractivity contribution in [3.63, 3.8) is 0 Å². The zero-order valence-corrected chi connectivity index (χ0v) is 17.4. The summed E-state index contributed by atoms with van der Waals surface area (Å²) in [4.78, 5) is 24.8. The van der Waals surface area contributed by atoms with E-state index in [1.54, 1.807) is 38.1 Å². The van der Waals surface area contributed by atoms with E-state index in [0.717, 1.165) is 0 Å². The summed E-state index contributed by atoms with van der Waals surface area (Å²) >= 11 is 1.48. The minimum Gasteiger partial charge on any atom is -0.466 e. The van der Waals surface area contributed by atoms with Gasteiger partial charge in [0.25, 0.3) is 11.8 Å². The van der Waals surface area contributed by atoms with Gasteiger partial charge in [-0.3, -0.25) is 20.4 Å². The van der Waals surface area contributed by atoms with Crippen LogP contribution in [0, 0.1) is 13.8 Å². The molecular formula is C18H23N3O5S2. The quantitative estimate of drug-likeness (QED) is 0.555. The molecule has 2 aromatic rings. The number of furan rings is 1. The molecule has 1 aromatic heterocycles. The number of hydrazine groups is 1. The van der Waals surface area contributed by atoms with Crippen LogP contribution in [0.4, 0.5) is 0 Å². The molecule has 3 N–H and O–H groups in total. The van der Waals surface area contributed by atoms with E-state index >= 15 is 0 Å². The van der Waals surface area contributed by atoms with Crippen LogP contribution < -0.4 is 15.6 Å². The molecule has 0 bridgehead atoms. The van der Waals surface area contributed by atoms with E-state index < -0.39 is 27.9 Å². The number of carbonyl (C=O) groups is 2. The lowest BCUT2D eigenvalue weighted by atomic mass is 10.2. The van der Waals surface area contributed by atoms with Crippen LogP contribution in [-0.4, -0.2) is 38.3 Å². The van der Waals surface area contributed by atoms with Crippen molar-refractivity contribution in [3.8, 4) is 0 Å². The Balaban J connectivity index is 2.06. The van der Waals surface area contributed by atoms with Crippen molar-refractivity contribution in [2.75, 3.05) is 12.0 Å². The first-order valence-corrected chi connectivity index (χ1v) is 11.4. The van der Waals surface area contributed by atoms with Crippen LogP contribution >= 0.6 is 11.8 Å². The third-order valence-corrected chi connectivity index (χ3v) is 5.99. The summed E-state index contributed by atoms with van der Waals surface area (Å²) in [5, 5.41) is 0. The first kappa shape index (κ1) is 22.0. The maximum Gasteiger partial charge on any atom is 0.273 e. The zero-order valence-electron chi connectivity index (χ0n) is 15.8. The first-order valence-electron chi connectivity index (χ1n) is 8.48. The van der Waals surface area contributed by atoms with Gasteiger partial charge >= 0.3 is 0 Å². The number of hydrogen-bond acceptors (Lipinski definition) is 6. The van der Waals surface area contributed by atoms with Crippen molar-refractivity contribution >= 4 is 33.6 Å². The minimum absolute atomic E-state index is 0.0606. The minimum atomic E-state index is -3.88. The highest BCUT2D eigenvalue weighted by molar-refractivity contribution is 7.98. The summed E-state index contributed by atoms with van der Waals surface area (Å²) in [6.45, 7) is 3.35. The molecule has 0 fully saturated rings. The normalized spacial score (nSPS) is 12.4. The maximum absolute atomic E-state index is 12.5. The van der Waals surface area contributed by atoms with Crippen LogP contribution in [-0.2, 0) is 14.8 Å². The summed E-state index contributed by atoms with van der Waals surface area (Å²) < 4.78 is 32.7. The fourth-order valence-electron chi connectivity index (χ4n) is 2.46. The Bertz CT molecular complexity index is 926. The van der Waals surface area contributed by atoms with Crippen LogP contribution in [0.25, 0.3) is 0 Å². The summed E-state index contributed by atoms with van der Waals surface area (Å²) in [6.07, 6.45) is 2.12. The largest absolute Gasteiger partial charge is 0.466 e. The van der Waals surface area contributed by atoms with Crippen LogP contribution in [0.1, 0.15) is 28.3 Å². The van der Waals surface area contributed by atoms with Crippen molar-refractivity contribution in [1.82, 2.24) is 15.6 Å². The van der Waals surface area contributed by atoms with Gasteiger partial charge in [-0.1, -0.05) is 18.2 Å². The van der Waals surface area contributed by atoms with Gasteiger partial charge in [0.1, 0.15) is 17.6 Å². The molecule has 2 rings (SSSR count). The number of carbonyl (C=O) groups excluding carboxylic acids is 2. The van der Waals surface area contributed by atoms with E-state index in [0.29, 0.717) is 22.8 Å². The van der Waals surface area contributed by atoms with Gasteiger partial charge in [-0.2, -0.15) is 16.5 Å². The second kappa shape index (κ2) is 9.76. The van der Waals surface area contributed by atoms with E-state index in [9.17, 15) is 18.0 Å². The lowest BCUT2D eigenvalue weighted by Gasteiger charge is -2.18. The van der Waals surface area contributed by atoms with Crippen molar-refractivity contribution in [2.45, 2.75) is 31.2 Å². The van der Waals surface area contributed by atoms with Crippen molar-refractivity contribution in [3.05, 3.63) is 53.5 Å². The number of sulfonamides is 1. The molecule has 8 nitrogen and oxygen atoms in total. The molecule has 0 radical (unpaired) electrons. The summed E-state index contributed by atoms with van der Waals surface area (Å²) in [6, 6.07) is 8.30. The molecule has 0 aliphatic rings. The standard InChI is InChI=1S/C18H23N3O5S2/c1-12-11-15(13(2)26-12)17(22)19-20-18(23)16(9-10-27-3)21-28(24,25)14-7-5-4-6-8-14/h4-8,11,16,21H,9-10H2,1-3H3,(H,19,22)(H,20,23). The topological polar surface area (TPSA) is 118 Å². The molecular weight excluding hydrogens is 402 g/mol. The van der Waals surface area contributed by atoms with Gasteiger partial charge in [-0.15, -0.1) is 0 Å². The first-order chi connectivity index (χ1) is 13.2. The van der Waals surface area contributed by atoms with E-state index in [2.05, 4.69) is 15.6 Å². The molecule has 1 unspecified atom stereocenters. The molecule has 2 amide bonds. The van der Waals surface area contributed by atoms with Gasteiger partial charge in [-0.05, 0) is 50.5 Å². The second-order valence-corrected chi connectivity index (χ2v) is 8.74. The SMILES string of the molecule is CSCCC(NS(=O)(=O)c1ccccc1)C(=O)NNC(=O)c1cc(C)oc1C. The number of aryl methyl sites for hydroxylation is 2. The van der Waals surface area contributed by atoms with E-state index in [4.69, 9.17) is 4.42 Å². The van der Waals surface area contributed by atoms with Gasteiger partial charge in [0.15, 0.2) is 0 Å². The van der Waals surface area contributed by atoms with E-state index in [-0.39, 0.29) is 11.3 Å². The third-order valence-electron chi connectivity index (χ3n) is 3.86. The molecule has 28 heavy (non-hydrogen) atoms. The molecule has 10 heteroatoms. The molecule has 0 aliphatic carbocycles. The van der Waals surface area contributed by atoms with Crippen molar-refractivity contribution in [2.24, 2.45) is 0 Å². The van der Waals surface area contributed by atoms with Crippen LogP contribution in [0.5, 0.6) is 0 Å². The Morgan fingerprint density at radius 3 is 2.39 bits per heavy atom. The molecule has 0 saturated heterocycles. The average molecular weight is 426 g/mol. The zero-order chi connectivity index (χ0) is 20.7. The predicted octanol–water partition coefficient (Wildman–Crippen LogP) is 1.76. The second-order valence-electron chi connectivity index (χ2n) is 6.04. The summed E-state index contributed by atoms with van der Waals surface area (Å²) in [5.41, 5.74) is 4.87. The molecule has 1 heterocycles. The molecule has 152 valence electrons. The highest BCUT2D eigenvalue weighted by atomic mass is 32.2. The summed E-state index contributed by atoms with van der Waals surface area (Å²) in [5.74, 6) is 0.357. The fourth-order valence-corrected chi connectivity index (χ4v) is 4.19. The van der Waals surface area contributed by atoms with Gasteiger partial charge in [0.2, 0.25) is 10.0 Å². The molecule has 1 atom stereocenters. The Labute approximate surface area is 168 Å². The van der Waals surface area contributed by atoms with Gasteiger partial charge in [0, 0.05) is 0 Å². The highest BCUT2D eigenvalue weighted by Crippen LogP contribution is 2.13. The summed E-state index contributed by atoms with van der Waals surface area (Å²) in [7, 11) is -3.88. The molecule has 1 aromatic carbocycles. The number of hydrogen-bond donors (Lipinski definition) is 3. The predicted molar refractivity (Wildman–Crippen MR) is 107 cm³/mol. The van der Waals surface area contributed by atoms with Crippen LogP contribution in [0.2, 0.25) is 0 Å². The number of benzene rings is 1. The third kappa shape index (κ3) is 5.85.